The molecule has 2 aromatic carbocycles. The van der Waals surface area contributed by atoms with Crippen molar-refractivity contribution < 1.29 is 9.84 Å². The van der Waals surface area contributed by atoms with E-state index in [2.05, 4.69) is 9.98 Å². The van der Waals surface area contributed by atoms with Crippen LogP contribution in [0.25, 0.3) is 11.3 Å². The van der Waals surface area contributed by atoms with Gasteiger partial charge in [-0.1, -0.05) is 18.2 Å². The molecule has 0 radical (unpaired) electrons. The van der Waals surface area contributed by atoms with Crippen molar-refractivity contribution in [3.63, 3.8) is 0 Å². The van der Waals surface area contributed by atoms with Crippen LogP contribution in [-0.2, 0) is 0 Å². The number of thiazole rings is 1. The summed E-state index contributed by atoms with van der Waals surface area (Å²) < 4.78 is 5.10. The van der Waals surface area contributed by atoms with Gasteiger partial charge in [-0.2, -0.15) is 0 Å². The van der Waals surface area contributed by atoms with Gasteiger partial charge in [0.1, 0.15) is 0 Å². The highest BCUT2D eigenvalue weighted by molar-refractivity contribution is 7.09. The maximum atomic E-state index is 10.1. The number of nitrogens with zero attached hydrogens (tertiary/aromatic N) is 2. The predicted molar refractivity (Wildman–Crippen MR) is 94.2 cm³/mol. The van der Waals surface area contributed by atoms with E-state index in [0.717, 1.165) is 22.0 Å². The summed E-state index contributed by atoms with van der Waals surface area (Å²) in [5, 5.41) is 13.1. The number of aromatic nitrogens is 1. The summed E-state index contributed by atoms with van der Waals surface area (Å²) in [6, 6.07) is 13.2. The summed E-state index contributed by atoms with van der Waals surface area (Å²) in [5.74, 6) is 0.519. The van der Waals surface area contributed by atoms with E-state index in [1.54, 1.807) is 29.7 Å². The van der Waals surface area contributed by atoms with Crippen LogP contribution in [0.4, 0.5) is 5.69 Å². The molecule has 0 aliphatic carbocycles. The molecule has 116 valence electrons. The van der Waals surface area contributed by atoms with Crippen molar-refractivity contribution in [2.24, 2.45) is 4.99 Å². The summed E-state index contributed by atoms with van der Waals surface area (Å²) in [6.07, 6.45) is 1.63. The lowest BCUT2D eigenvalue weighted by molar-refractivity contribution is 0.373. The Balaban J connectivity index is 1.89. The zero-order chi connectivity index (χ0) is 16.2. The first-order chi connectivity index (χ1) is 11.2. The molecule has 1 heterocycles. The van der Waals surface area contributed by atoms with E-state index >= 15 is 0 Å². The standard InChI is InChI=1S/C18H16N2O2S/c1-12-20-16(11-23-12)13-5-3-7-15(9-13)19-10-14-6-4-8-17(22-2)18(14)21/h3-11,21H,1-2H3. The summed E-state index contributed by atoms with van der Waals surface area (Å²) >= 11 is 1.62. The average Bonchev–Trinajstić information content (AvgIpc) is 3.01. The van der Waals surface area contributed by atoms with Crippen LogP contribution in [0.1, 0.15) is 10.6 Å². The Kier molecular flexibility index (Phi) is 4.39. The Morgan fingerprint density at radius 3 is 2.78 bits per heavy atom. The van der Waals surface area contributed by atoms with E-state index in [9.17, 15) is 5.11 Å². The van der Waals surface area contributed by atoms with Crippen LogP contribution in [0.15, 0.2) is 52.8 Å². The molecule has 0 aliphatic heterocycles. The molecule has 1 N–H and O–H groups in total. The van der Waals surface area contributed by atoms with Gasteiger partial charge in [-0.25, -0.2) is 4.98 Å². The van der Waals surface area contributed by atoms with Crippen molar-refractivity contribution in [1.29, 1.82) is 0 Å². The zero-order valence-corrected chi connectivity index (χ0v) is 13.7. The van der Waals surface area contributed by atoms with Gasteiger partial charge in [0.25, 0.3) is 0 Å². The second kappa shape index (κ2) is 6.62. The number of aliphatic imine (C=N–C) groups is 1. The van der Waals surface area contributed by atoms with Gasteiger partial charge in [-0.05, 0) is 31.2 Å². The molecule has 5 heteroatoms. The van der Waals surface area contributed by atoms with Gasteiger partial charge in [-0.3, -0.25) is 4.99 Å². The minimum atomic E-state index is 0.0880. The molecule has 0 unspecified atom stereocenters. The number of hydrogen-bond donors (Lipinski definition) is 1. The lowest BCUT2D eigenvalue weighted by atomic mass is 10.1. The average molecular weight is 324 g/mol. The highest BCUT2D eigenvalue weighted by Gasteiger charge is 2.05. The number of aromatic hydroxyl groups is 1. The predicted octanol–water partition coefficient (Wildman–Crippen LogP) is 4.58. The van der Waals surface area contributed by atoms with Crippen LogP contribution in [0.5, 0.6) is 11.5 Å². The van der Waals surface area contributed by atoms with E-state index in [-0.39, 0.29) is 5.75 Å². The molecule has 3 aromatic rings. The Morgan fingerprint density at radius 2 is 2.04 bits per heavy atom. The molecule has 0 spiro atoms. The minimum absolute atomic E-state index is 0.0880. The van der Waals surface area contributed by atoms with Gasteiger partial charge >= 0.3 is 0 Å². The Labute approximate surface area is 138 Å². The maximum Gasteiger partial charge on any atom is 0.166 e. The Bertz CT molecular complexity index is 856. The molecule has 1 aromatic heterocycles. The fourth-order valence-corrected chi connectivity index (χ4v) is 2.82. The van der Waals surface area contributed by atoms with E-state index in [1.165, 1.54) is 7.11 Å². The van der Waals surface area contributed by atoms with Gasteiger partial charge in [-0.15, -0.1) is 11.3 Å². The molecule has 4 nitrogen and oxygen atoms in total. The van der Waals surface area contributed by atoms with Crippen molar-refractivity contribution in [2.45, 2.75) is 6.92 Å². The van der Waals surface area contributed by atoms with Crippen molar-refractivity contribution in [3.8, 4) is 22.8 Å². The van der Waals surface area contributed by atoms with E-state index in [4.69, 9.17) is 4.74 Å². The Morgan fingerprint density at radius 1 is 1.22 bits per heavy atom. The monoisotopic (exact) mass is 324 g/mol. The van der Waals surface area contributed by atoms with Crippen LogP contribution in [-0.4, -0.2) is 23.4 Å². The normalized spacial score (nSPS) is 11.0. The molecular weight excluding hydrogens is 308 g/mol. The molecular formula is C18H16N2O2S. The van der Waals surface area contributed by atoms with Gasteiger partial charge < -0.3 is 9.84 Å². The van der Waals surface area contributed by atoms with Crippen LogP contribution in [0.3, 0.4) is 0 Å². The molecule has 0 aliphatic rings. The van der Waals surface area contributed by atoms with Crippen molar-refractivity contribution in [3.05, 3.63) is 58.4 Å². The topological polar surface area (TPSA) is 54.7 Å². The molecule has 23 heavy (non-hydrogen) atoms. The number of para-hydroxylation sites is 1. The smallest absolute Gasteiger partial charge is 0.166 e. The number of aryl methyl sites for hydroxylation is 1. The largest absolute Gasteiger partial charge is 0.504 e. The van der Waals surface area contributed by atoms with Gasteiger partial charge in [0.05, 0.1) is 23.5 Å². The summed E-state index contributed by atoms with van der Waals surface area (Å²) in [5.41, 5.74) is 3.39. The highest BCUT2D eigenvalue weighted by Crippen LogP contribution is 2.29. The molecule has 0 fully saturated rings. The summed E-state index contributed by atoms with van der Waals surface area (Å²) in [7, 11) is 1.52. The first-order valence-electron chi connectivity index (χ1n) is 7.10. The molecule has 0 saturated carbocycles. The van der Waals surface area contributed by atoms with E-state index in [1.807, 2.05) is 42.6 Å². The SMILES string of the molecule is COc1cccc(C=Nc2cccc(-c3csc(C)n3)c2)c1O. The number of ether oxygens (including phenoxy) is 1. The number of methoxy groups -OCH3 is 1. The van der Waals surface area contributed by atoms with Crippen molar-refractivity contribution >= 4 is 23.2 Å². The van der Waals surface area contributed by atoms with Crippen LogP contribution in [0, 0.1) is 6.92 Å². The van der Waals surface area contributed by atoms with E-state index in [0.29, 0.717) is 11.3 Å². The first kappa shape index (κ1) is 15.2. The molecule has 0 atom stereocenters. The van der Waals surface area contributed by atoms with Crippen molar-refractivity contribution in [1.82, 2.24) is 4.98 Å². The summed E-state index contributed by atoms with van der Waals surface area (Å²) in [6.45, 7) is 1.99. The zero-order valence-electron chi connectivity index (χ0n) is 12.9. The highest BCUT2D eigenvalue weighted by atomic mass is 32.1. The second-order valence-corrected chi connectivity index (χ2v) is 6.02. The fraction of sp³-hybridized carbons (Fsp3) is 0.111. The third-order valence-corrected chi connectivity index (χ3v) is 4.14. The fourth-order valence-electron chi connectivity index (χ4n) is 2.19. The molecule has 0 saturated heterocycles. The number of rotatable bonds is 4. The van der Waals surface area contributed by atoms with Crippen LogP contribution < -0.4 is 4.74 Å². The quantitative estimate of drug-likeness (QED) is 0.715. The number of phenolic OH excluding ortho intramolecular Hbond substituents is 1. The lowest BCUT2D eigenvalue weighted by Gasteiger charge is -2.05. The number of phenols is 1. The summed E-state index contributed by atoms with van der Waals surface area (Å²) in [4.78, 5) is 8.93. The number of hydrogen-bond acceptors (Lipinski definition) is 5. The van der Waals surface area contributed by atoms with Crippen molar-refractivity contribution in [2.75, 3.05) is 7.11 Å². The lowest BCUT2D eigenvalue weighted by Crippen LogP contribution is -1.88. The third-order valence-electron chi connectivity index (χ3n) is 3.36. The molecule has 3 rings (SSSR count). The molecule has 0 amide bonds. The Hall–Kier alpha value is -2.66. The second-order valence-electron chi connectivity index (χ2n) is 4.96. The van der Waals surface area contributed by atoms with Crippen LogP contribution >= 0.6 is 11.3 Å². The minimum Gasteiger partial charge on any atom is -0.504 e. The van der Waals surface area contributed by atoms with Gasteiger partial charge in [0.2, 0.25) is 0 Å². The van der Waals surface area contributed by atoms with Crippen LogP contribution in [0.2, 0.25) is 0 Å². The first-order valence-corrected chi connectivity index (χ1v) is 7.98. The van der Waals surface area contributed by atoms with Gasteiger partial charge in [0, 0.05) is 22.7 Å². The number of benzene rings is 2. The maximum absolute atomic E-state index is 10.1. The third kappa shape index (κ3) is 3.40. The van der Waals surface area contributed by atoms with E-state index < -0.39 is 0 Å². The molecule has 0 bridgehead atoms. The van der Waals surface area contributed by atoms with Gasteiger partial charge in [0.15, 0.2) is 11.5 Å².